The van der Waals surface area contributed by atoms with E-state index in [9.17, 15) is 19.2 Å². The fourth-order valence-corrected chi connectivity index (χ4v) is 6.46. The maximum atomic E-state index is 13.9. The molecule has 2 atom stereocenters. The van der Waals surface area contributed by atoms with Crippen LogP contribution in [-0.4, -0.2) is 24.1 Å². The van der Waals surface area contributed by atoms with Crippen LogP contribution in [0.5, 0.6) is 5.75 Å². The summed E-state index contributed by atoms with van der Waals surface area (Å²) in [6.45, 7) is 0. The van der Waals surface area contributed by atoms with Gasteiger partial charge in [-0.05, 0) is 70.8 Å². The summed E-state index contributed by atoms with van der Waals surface area (Å²) in [6, 6.07) is 28.8. The minimum absolute atomic E-state index is 0.168. The number of benzene rings is 4. The Morgan fingerprint density at radius 2 is 1.13 bits per heavy atom. The number of hydrogen-bond acceptors (Lipinski definition) is 5. The average Bonchev–Trinajstić information content (AvgIpc) is 3.23. The van der Waals surface area contributed by atoms with Gasteiger partial charge in [-0.15, -0.1) is 0 Å². The summed E-state index contributed by atoms with van der Waals surface area (Å²) >= 11 is 0. The van der Waals surface area contributed by atoms with Crippen LogP contribution in [0.1, 0.15) is 54.8 Å². The van der Waals surface area contributed by atoms with Gasteiger partial charge in [-0.25, -0.2) is 9.69 Å². The van der Waals surface area contributed by atoms with E-state index >= 15 is 0 Å². The van der Waals surface area contributed by atoms with Crippen molar-refractivity contribution in [3.8, 4) is 5.75 Å². The summed E-state index contributed by atoms with van der Waals surface area (Å²) in [5, 5.41) is 0. The van der Waals surface area contributed by atoms with Crippen molar-refractivity contribution in [2.45, 2.75) is 11.8 Å². The summed E-state index contributed by atoms with van der Waals surface area (Å²) in [4.78, 5) is 52.5. The molecule has 1 aliphatic heterocycles. The number of aldehydes is 1. The molecule has 1 fully saturated rings. The molecule has 6 heteroatoms. The molecule has 8 rings (SSSR count). The van der Waals surface area contributed by atoms with Gasteiger partial charge in [0.1, 0.15) is 12.0 Å². The summed E-state index contributed by atoms with van der Waals surface area (Å²) in [6.07, 6.45) is 0.713. The monoisotopic (exact) mass is 499 g/mol. The van der Waals surface area contributed by atoms with E-state index in [2.05, 4.69) is 24.3 Å². The molecular weight excluding hydrogens is 478 g/mol. The van der Waals surface area contributed by atoms with E-state index in [-0.39, 0.29) is 29.2 Å². The molecule has 1 heterocycles. The number of carbonyl (C=O) groups is 4. The summed E-state index contributed by atoms with van der Waals surface area (Å²) in [7, 11) is 0. The van der Waals surface area contributed by atoms with Crippen LogP contribution in [0.3, 0.4) is 0 Å². The normalized spacial score (nSPS) is 22.5. The molecule has 2 amide bonds. The third kappa shape index (κ3) is 3.13. The molecule has 38 heavy (non-hydrogen) atoms. The van der Waals surface area contributed by atoms with Gasteiger partial charge < -0.3 is 4.74 Å². The highest BCUT2D eigenvalue weighted by atomic mass is 16.5. The molecule has 184 valence electrons. The van der Waals surface area contributed by atoms with E-state index in [0.29, 0.717) is 23.3 Å². The number of anilines is 1. The van der Waals surface area contributed by atoms with Crippen molar-refractivity contribution in [1.29, 1.82) is 0 Å². The minimum Gasteiger partial charge on any atom is -0.423 e. The van der Waals surface area contributed by atoms with Crippen LogP contribution in [0.25, 0.3) is 0 Å². The average molecular weight is 500 g/mol. The molecule has 6 nitrogen and oxygen atoms in total. The van der Waals surface area contributed by atoms with Crippen LogP contribution in [-0.2, 0) is 9.59 Å². The van der Waals surface area contributed by atoms with Crippen molar-refractivity contribution in [2.24, 2.45) is 11.8 Å². The van der Waals surface area contributed by atoms with Crippen molar-refractivity contribution in [3.05, 3.63) is 130 Å². The lowest BCUT2D eigenvalue weighted by Crippen LogP contribution is -2.41. The van der Waals surface area contributed by atoms with E-state index in [1.54, 1.807) is 48.5 Å². The van der Waals surface area contributed by atoms with Gasteiger partial charge in [-0.2, -0.15) is 0 Å². The topological polar surface area (TPSA) is 80.8 Å². The molecule has 2 bridgehead atoms. The highest BCUT2D eigenvalue weighted by molar-refractivity contribution is 6.23. The largest absolute Gasteiger partial charge is 0.423 e. The number of esters is 1. The van der Waals surface area contributed by atoms with Gasteiger partial charge in [0.2, 0.25) is 11.8 Å². The lowest BCUT2D eigenvalue weighted by atomic mass is 9.55. The van der Waals surface area contributed by atoms with Crippen molar-refractivity contribution in [1.82, 2.24) is 0 Å². The van der Waals surface area contributed by atoms with Gasteiger partial charge in [-0.1, -0.05) is 48.5 Å². The lowest BCUT2D eigenvalue weighted by Gasteiger charge is -2.45. The Labute approximate surface area is 218 Å². The zero-order valence-corrected chi connectivity index (χ0v) is 20.1. The van der Waals surface area contributed by atoms with Gasteiger partial charge in [0, 0.05) is 17.4 Å². The molecule has 2 unspecified atom stereocenters. The molecule has 4 aromatic rings. The van der Waals surface area contributed by atoms with E-state index in [0.717, 1.165) is 22.3 Å². The fraction of sp³-hybridized carbons (Fsp3) is 0.125. The molecular formula is C32H21NO5. The van der Waals surface area contributed by atoms with Crippen molar-refractivity contribution < 1.29 is 23.9 Å². The van der Waals surface area contributed by atoms with Crippen molar-refractivity contribution >= 4 is 29.8 Å². The smallest absolute Gasteiger partial charge is 0.343 e. The maximum absolute atomic E-state index is 13.9. The summed E-state index contributed by atoms with van der Waals surface area (Å²) in [5.74, 6) is -1.93. The number of nitrogens with zero attached hydrogens (tertiary/aromatic N) is 1. The van der Waals surface area contributed by atoms with Crippen LogP contribution < -0.4 is 9.64 Å². The van der Waals surface area contributed by atoms with E-state index in [4.69, 9.17) is 4.74 Å². The van der Waals surface area contributed by atoms with Gasteiger partial charge in [0.25, 0.3) is 0 Å². The molecule has 4 aliphatic rings. The van der Waals surface area contributed by atoms with Crippen LogP contribution in [0.2, 0.25) is 0 Å². The van der Waals surface area contributed by atoms with Gasteiger partial charge in [0.05, 0.1) is 23.1 Å². The first-order valence-corrected chi connectivity index (χ1v) is 12.5. The van der Waals surface area contributed by atoms with Gasteiger partial charge >= 0.3 is 5.97 Å². The second kappa shape index (κ2) is 8.35. The van der Waals surface area contributed by atoms with E-state index in [1.807, 2.05) is 24.3 Å². The van der Waals surface area contributed by atoms with Crippen LogP contribution >= 0.6 is 0 Å². The Balaban J connectivity index is 1.20. The molecule has 3 aliphatic carbocycles. The van der Waals surface area contributed by atoms with Gasteiger partial charge in [0.15, 0.2) is 0 Å². The maximum Gasteiger partial charge on any atom is 0.343 e. The lowest BCUT2D eigenvalue weighted by molar-refractivity contribution is -0.122. The highest BCUT2D eigenvalue weighted by Crippen LogP contribution is 2.61. The third-order valence-corrected chi connectivity index (χ3v) is 8.04. The Morgan fingerprint density at radius 1 is 0.658 bits per heavy atom. The van der Waals surface area contributed by atoms with Crippen LogP contribution in [0.4, 0.5) is 5.69 Å². The predicted molar refractivity (Wildman–Crippen MR) is 139 cm³/mol. The number of hydrogen-bond donors (Lipinski definition) is 0. The minimum atomic E-state index is -0.577. The SMILES string of the molecule is O=Cc1ccc(OC(=O)c2ccc(N3C(=O)C4C5c6ccccc6C(c6ccccc65)C4C3=O)cc2)cc1. The second-order valence-electron chi connectivity index (χ2n) is 9.90. The zero-order valence-electron chi connectivity index (χ0n) is 20.1. The molecule has 4 aromatic carbocycles. The number of rotatable bonds is 4. The summed E-state index contributed by atoms with van der Waals surface area (Å²) in [5.41, 5.74) is 5.70. The Hall–Kier alpha value is -4.84. The van der Waals surface area contributed by atoms with E-state index < -0.39 is 17.8 Å². The van der Waals surface area contributed by atoms with Crippen LogP contribution in [0, 0.1) is 11.8 Å². The molecule has 0 N–H and O–H groups in total. The van der Waals surface area contributed by atoms with Crippen molar-refractivity contribution in [3.63, 3.8) is 0 Å². The number of amides is 2. The Bertz CT molecular complexity index is 1520. The molecule has 0 saturated carbocycles. The number of carbonyl (C=O) groups excluding carboxylic acids is 4. The zero-order chi connectivity index (χ0) is 26.0. The highest BCUT2D eigenvalue weighted by Gasteiger charge is 2.61. The first-order valence-electron chi connectivity index (χ1n) is 12.5. The predicted octanol–water partition coefficient (Wildman–Crippen LogP) is 5.11. The standard InChI is InChI=1S/C32H21NO5/c34-17-18-9-15-21(16-10-18)38-32(37)19-11-13-20(14-12-19)33-30(35)28-26-22-5-1-2-6-23(22)27(29(28)31(33)36)25-8-4-3-7-24(25)26/h1-17,26-29H. The Kier molecular flexibility index (Phi) is 4.91. The summed E-state index contributed by atoms with van der Waals surface area (Å²) < 4.78 is 5.39. The number of imide groups is 1. The first-order chi connectivity index (χ1) is 18.6. The van der Waals surface area contributed by atoms with Crippen molar-refractivity contribution in [2.75, 3.05) is 4.90 Å². The number of ether oxygens (including phenoxy) is 1. The quantitative estimate of drug-likeness (QED) is 0.169. The van der Waals surface area contributed by atoms with E-state index in [1.165, 1.54) is 4.90 Å². The molecule has 0 radical (unpaired) electrons. The molecule has 0 aromatic heterocycles. The molecule has 0 spiro atoms. The van der Waals surface area contributed by atoms with Gasteiger partial charge in [-0.3, -0.25) is 14.4 Å². The van der Waals surface area contributed by atoms with Crippen LogP contribution in [0.15, 0.2) is 97.1 Å². The third-order valence-electron chi connectivity index (χ3n) is 8.04. The first kappa shape index (κ1) is 22.4. The molecule has 1 saturated heterocycles. The second-order valence-corrected chi connectivity index (χ2v) is 9.90. The fourth-order valence-electron chi connectivity index (χ4n) is 6.46. The Morgan fingerprint density at radius 3 is 1.58 bits per heavy atom.